The number of thiol groups is 2. The minimum atomic E-state index is -0.144. The fourth-order valence-electron chi connectivity index (χ4n) is 0.585. The van der Waals surface area contributed by atoms with Crippen LogP contribution in [-0.2, 0) is 9.47 Å². The lowest BCUT2D eigenvalue weighted by molar-refractivity contribution is -0.105. The highest BCUT2D eigenvalue weighted by Crippen LogP contribution is 2.09. The van der Waals surface area contributed by atoms with E-state index in [-0.39, 0.29) is 11.5 Å². The van der Waals surface area contributed by atoms with Gasteiger partial charge in [-0.05, 0) is 0 Å². The zero-order chi connectivity index (χ0) is 7.98. The fourth-order valence-corrected chi connectivity index (χ4v) is 0.907. The standard InChI is InChI=1S/C6H14O2S2/c1-7-6(8-2)3-5(10)4-9/h5-6,9-10H,3-4H2,1-2H3. The van der Waals surface area contributed by atoms with Crippen molar-refractivity contribution < 1.29 is 9.47 Å². The van der Waals surface area contributed by atoms with E-state index in [1.165, 1.54) is 0 Å². The van der Waals surface area contributed by atoms with Crippen LogP contribution in [0.15, 0.2) is 0 Å². The second-order valence-corrected chi connectivity index (χ2v) is 3.07. The maximum atomic E-state index is 4.97. The lowest BCUT2D eigenvalue weighted by atomic mass is 10.3. The molecule has 0 fully saturated rings. The molecule has 0 aliphatic rings. The molecule has 10 heavy (non-hydrogen) atoms. The second-order valence-electron chi connectivity index (χ2n) is 1.97. The summed E-state index contributed by atoms with van der Waals surface area (Å²) >= 11 is 8.32. The fraction of sp³-hybridized carbons (Fsp3) is 1.00. The van der Waals surface area contributed by atoms with Crippen LogP contribution in [0.5, 0.6) is 0 Å². The van der Waals surface area contributed by atoms with Gasteiger partial charge in [0.05, 0.1) is 0 Å². The van der Waals surface area contributed by atoms with Gasteiger partial charge < -0.3 is 9.47 Å². The molecular weight excluding hydrogens is 168 g/mol. The Morgan fingerprint density at radius 3 is 2.10 bits per heavy atom. The van der Waals surface area contributed by atoms with Crippen LogP contribution in [0.3, 0.4) is 0 Å². The van der Waals surface area contributed by atoms with Crippen molar-refractivity contribution in [3.8, 4) is 0 Å². The molecule has 0 aromatic heterocycles. The molecule has 0 amide bonds. The van der Waals surface area contributed by atoms with Gasteiger partial charge in [-0.15, -0.1) is 0 Å². The summed E-state index contributed by atoms with van der Waals surface area (Å²) in [5.74, 6) is 0.742. The Bertz CT molecular complexity index is 76.1. The molecule has 4 heteroatoms. The first kappa shape index (κ1) is 10.6. The smallest absolute Gasteiger partial charge is 0.157 e. The molecule has 62 valence electrons. The SMILES string of the molecule is COC(CC(S)CS)OC. The molecule has 0 aliphatic carbocycles. The normalized spacial score (nSPS) is 14.1. The highest BCUT2D eigenvalue weighted by Gasteiger charge is 2.09. The average molecular weight is 182 g/mol. The van der Waals surface area contributed by atoms with Gasteiger partial charge in [-0.3, -0.25) is 0 Å². The number of ether oxygens (including phenoxy) is 2. The molecule has 0 rings (SSSR count). The summed E-state index contributed by atoms with van der Waals surface area (Å²) in [5.41, 5.74) is 0. The van der Waals surface area contributed by atoms with Crippen molar-refractivity contribution in [1.29, 1.82) is 0 Å². The van der Waals surface area contributed by atoms with Gasteiger partial charge >= 0.3 is 0 Å². The molecule has 0 aromatic rings. The zero-order valence-corrected chi connectivity index (χ0v) is 8.07. The summed E-state index contributed by atoms with van der Waals surface area (Å²) in [4.78, 5) is 0. The van der Waals surface area contributed by atoms with E-state index < -0.39 is 0 Å². The van der Waals surface area contributed by atoms with Gasteiger partial charge in [-0.1, -0.05) is 0 Å². The van der Waals surface area contributed by atoms with Crippen molar-refractivity contribution >= 4 is 25.3 Å². The van der Waals surface area contributed by atoms with Crippen LogP contribution >= 0.6 is 25.3 Å². The largest absolute Gasteiger partial charge is 0.356 e. The first-order valence-electron chi connectivity index (χ1n) is 3.09. The zero-order valence-electron chi connectivity index (χ0n) is 6.28. The average Bonchev–Trinajstić information content (AvgIpc) is 1.99. The number of hydrogen-bond acceptors (Lipinski definition) is 4. The summed E-state index contributed by atoms with van der Waals surface area (Å²) in [6, 6.07) is 0. The minimum Gasteiger partial charge on any atom is -0.356 e. The van der Waals surface area contributed by atoms with E-state index >= 15 is 0 Å². The molecule has 0 N–H and O–H groups in total. The number of rotatable bonds is 5. The van der Waals surface area contributed by atoms with E-state index in [0.29, 0.717) is 0 Å². The van der Waals surface area contributed by atoms with Gasteiger partial charge in [0.15, 0.2) is 6.29 Å². The van der Waals surface area contributed by atoms with Gasteiger partial charge in [0.1, 0.15) is 0 Å². The quantitative estimate of drug-likeness (QED) is 0.492. The molecule has 1 atom stereocenters. The Morgan fingerprint density at radius 1 is 1.30 bits per heavy atom. The van der Waals surface area contributed by atoms with Crippen molar-refractivity contribution in [2.75, 3.05) is 20.0 Å². The Balaban J connectivity index is 3.41. The maximum absolute atomic E-state index is 4.97. The monoisotopic (exact) mass is 182 g/mol. The first-order valence-corrected chi connectivity index (χ1v) is 4.24. The van der Waals surface area contributed by atoms with Crippen molar-refractivity contribution in [3.05, 3.63) is 0 Å². The molecule has 0 aromatic carbocycles. The third-order valence-electron chi connectivity index (χ3n) is 1.20. The van der Waals surface area contributed by atoms with E-state index in [2.05, 4.69) is 25.3 Å². The molecule has 0 saturated heterocycles. The summed E-state index contributed by atoms with van der Waals surface area (Å²) in [7, 11) is 3.24. The van der Waals surface area contributed by atoms with Crippen LogP contribution < -0.4 is 0 Å². The lowest BCUT2D eigenvalue weighted by Gasteiger charge is -2.15. The molecule has 0 spiro atoms. The third kappa shape index (κ3) is 4.44. The van der Waals surface area contributed by atoms with Crippen LogP contribution in [0.2, 0.25) is 0 Å². The topological polar surface area (TPSA) is 18.5 Å². The van der Waals surface area contributed by atoms with E-state index in [0.717, 1.165) is 12.2 Å². The van der Waals surface area contributed by atoms with Crippen LogP contribution in [0.4, 0.5) is 0 Å². The second kappa shape index (κ2) is 6.34. The van der Waals surface area contributed by atoms with Crippen molar-refractivity contribution in [2.24, 2.45) is 0 Å². The number of hydrogen-bond donors (Lipinski definition) is 2. The van der Waals surface area contributed by atoms with Crippen LogP contribution in [0.1, 0.15) is 6.42 Å². The Kier molecular flexibility index (Phi) is 6.73. The predicted octanol–water partition coefficient (Wildman–Crippen LogP) is 1.22. The Hall–Kier alpha value is 0.620. The lowest BCUT2D eigenvalue weighted by Crippen LogP contribution is -2.19. The summed E-state index contributed by atoms with van der Waals surface area (Å²) in [6.07, 6.45) is 0.634. The van der Waals surface area contributed by atoms with Crippen LogP contribution in [0.25, 0.3) is 0 Å². The number of methoxy groups -OCH3 is 2. The van der Waals surface area contributed by atoms with Crippen LogP contribution in [-0.4, -0.2) is 31.5 Å². The molecule has 0 aliphatic heterocycles. The van der Waals surface area contributed by atoms with Gasteiger partial charge in [0.25, 0.3) is 0 Å². The van der Waals surface area contributed by atoms with Gasteiger partial charge in [0, 0.05) is 31.6 Å². The highest BCUT2D eigenvalue weighted by molar-refractivity contribution is 7.84. The van der Waals surface area contributed by atoms with Gasteiger partial charge in [0.2, 0.25) is 0 Å². The van der Waals surface area contributed by atoms with E-state index in [4.69, 9.17) is 9.47 Å². The van der Waals surface area contributed by atoms with Gasteiger partial charge in [-0.2, -0.15) is 25.3 Å². The Morgan fingerprint density at radius 2 is 1.80 bits per heavy atom. The molecule has 0 heterocycles. The molecule has 0 bridgehead atoms. The summed E-state index contributed by atoms with van der Waals surface area (Å²) in [5, 5.41) is 0.244. The maximum Gasteiger partial charge on any atom is 0.157 e. The van der Waals surface area contributed by atoms with Gasteiger partial charge in [-0.25, -0.2) is 0 Å². The summed E-state index contributed by atoms with van der Waals surface area (Å²) in [6.45, 7) is 0. The van der Waals surface area contributed by atoms with Crippen LogP contribution in [0, 0.1) is 0 Å². The Labute approximate surface area is 73.1 Å². The van der Waals surface area contributed by atoms with Crippen molar-refractivity contribution in [3.63, 3.8) is 0 Å². The molecular formula is C6H14O2S2. The van der Waals surface area contributed by atoms with Crippen molar-refractivity contribution in [2.45, 2.75) is 18.0 Å². The third-order valence-corrected chi connectivity index (χ3v) is 2.32. The molecule has 0 saturated carbocycles. The molecule has 0 radical (unpaired) electrons. The van der Waals surface area contributed by atoms with E-state index in [1.54, 1.807) is 14.2 Å². The van der Waals surface area contributed by atoms with E-state index in [9.17, 15) is 0 Å². The predicted molar refractivity (Wildman–Crippen MR) is 49.1 cm³/mol. The summed E-state index contributed by atoms with van der Waals surface area (Å²) < 4.78 is 9.93. The molecule has 2 nitrogen and oxygen atoms in total. The minimum absolute atomic E-state index is 0.144. The van der Waals surface area contributed by atoms with Crippen molar-refractivity contribution in [1.82, 2.24) is 0 Å². The van der Waals surface area contributed by atoms with E-state index in [1.807, 2.05) is 0 Å². The highest BCUT2D eigenvalue weighted by atomic mass is 32.1. The first-order chi connectivity index (χ1) is 4.74. The molecule has 1 unspecified atom stereocenters.